The van der Waals surface area contributed by atoms with Crippen LogP contribution in [0.15, 0.2) is 58.6 Å². The van der Waals surface area contributed by atoms with E-state index in [0.29, 0.717) is 18.7 Å². The van der Waals surface area contributed by atoms with Crippen LogP contribution >= 0.6 is 11.8 Å². The number of nitrogens with one attached hydrogen (secondary N) is 2. The van der Waals surface area contributed by atoms with Crippen LogP contribution in [0, 0.1) is 0 Å². The lowest BCUT2D eigenvalue weighted by atomic mass is 10.2. The highest BCUT2D eigenvalue weighted by Gasteiger charge is 2.05. The van der Waals surface area contributed by atoms with Crippen LogP contribution in [-0.4, -0.2) is 29.9 Å². The predicted octanol–water partition coefficient (Wildman–Crippen LogP) is 2.10. The Morgan fingerprint density at radius 3 is 2.41 bits per heavy atom. The van der Waals surface area contributed by atoms with E-state index >= 15 is 0 Å². The number of amides is 2. The zero-order chi connectivity index (χ0) is 15.8. The number of carbonyl (C=O) groups excluding carboxylic acids is 2. The highest BCUT2D eigenvalue weighted by Crippen LogP contribution is 2.25. The van der Waals surface area contributed by atoms with E-state index in [2.05, 4.69) is 15.6 Å². The van der Waals surface area contributed by atoms with E-state index in [0.717, 1.165) is 9.92 Å². The fourth-order valence-corrected chi connectivity index (χ4v) is 2.49. The largest absolute Gasteiger partial charge is 0.355 e. The van der Waals surface area contributed by atoms with Crippen LogP contribution in [0.1, 0.15) is 17.3 Å². The first-order valence-corrected chi connectivity index (χ1v) is 7.68. The summed E-state index contributed by atoms with van der Waals surface area (Å²) in [5, 5.41) is 6.29. The summed E-state index contributed by atoms with van der Waals surface area (Å²) in [6.07, 6.45) is 1.75. The average molecular weight is 315 g/mol. The van der Waals surface area contributed by atoms with Crippen LogP contribution < -0.4 is 10.6 Å². The molecule has 0 saturated carbocycles. The summed E-state index contributed by atoms with van der Waals surface area (Å²) in [6.45, 7) is 2.28. The predicted molar refractivity (Wildman–Crippen MR) is 85.8 cm³/mol. The second-order valence-electron chi connectivity index (χ2n) is 4.53. The number of rotatable bonds is 6. The van der Waals surface area contributed by atoms with Crippen molar-refractivity contribution >= 4 is 23.6 Å². The van der Waals surface area contributed by atoms with Crippen molar-refractivity contribution in [3.63, 3.8) is 0 Å². The normalized spacial score (nSPS) is 10.0. The molecule has 0 unspecified atom stereocenters. The topological polar surface area (TPSA) is 71.1 Å². The Morgan fingerprint density at radius 2 is 1.77 bits per heavy atom. The minimum atomic E-state index is -0.153. The molecule has 0 aliphatic carbocycles. The van der Waals surface area contributed by atoms with Gasteiger partial charge in [-0.15, -0.1) is 0 Å². The smallest absolute Gasteiger partial charge is 0.251 e. The summed E-state index contributed by atoms with van der Waals surface area (Å²) in [4.78, 5) is 27.9. The summed E-state index contributed by atoms with van der Waals surface area (Å²) >= 11 is 1.54. The Bertz CT molecular complexity index is 630. The Morgan fingerprint density at radius 1 is 1.05 bits per heavy atom. The molecule has 2 N–H and O–H groups in total. The molecule has 0 spiro atoms. The number of benzene rings is 1. The maximum Gasteiger partial charge on any atom is 0.251 e. The lowest BCUT2D eigenvalue weighted by molar-refractivity contribution is -0.118. The molecule has 6 heteroatoms. The Kier molecular flexibility index (Phi) is 5.97. The number of pyridine rings is 1. The molecule has 5 nitrogen and oxygen atoms in total. The van der Waals surface area contributed by atoms with E-state index in [4.69, 9.17) is 0 Å². The van der Waals surface area contributed by atoms with Gasteiger partial charge in [0, 0.05) is 36.7 Å². The number of carbonyl (C=O) groups is 2. The van der Waals surface area contributed by atoms with Gasteiger partial charge < -0.3 is 10.6 Å². The van der Waals surface area contributed by atoms with Gasteiger partial charge in [-0.3, -0.25) is 9.59 Å². The molecule has 22 heavy (non-hydrogen) atoms. The van der Waals surface area contributed by atoms with Crippen LogP contribution in [0.2, 0.25) is 0 Å². The zero-order valence-electron chi connectivity index (χ0n) is 12.2. The molecule has 1 aromatic heterocycles. The number of aromatic nitrogens is 1. The van der Waals surface area contributed by atoms with Gasteiger partial charge in [-0.25, -0.2) is 4.98 Å². The van der Waals surface area contributed by atoms with Gasteiger partial charge in [-0.1, -0.05) is 17.8 Å². The summed E-state index contributed by atoms with van der Waals surface area (Å²) in [5.74, 6) is -0.259. The van der Waals surface area contributed by atoms with Crippen molar-refractivity contribution in [2.45, 2.75) is 16.8 Å². The van der Waals surface area contributed by atoms with Crippen LogP contribution in [-0.2, 0) is 4.79 Å². The van der Waals surface area contributed by atoms with Crippen molar-refractivity contribution in [2.75, 3.05) is 13.1 Å². The zero-order valence-corrected chi connectivity index (χ0v) is 13.0. The lowest BCUT2D eigenvalue weighted by Crippen LogP contribution is -2.33. The van der Waals surface area contributed by atoms with Crippen molar-refractivity contribution in [1.82, 2.24) is 15.6 Å². The van der Waals surface area contributed by atoms with Crippen molar-refractivity contribution in [1.29, 1.82) is 0 Å². The molecular formula is C16H17N3O2S. The first-order valence-electron chi connectivity index (χ1n) is 6.87. The van der Waals surface area contributed by atoms with Gasteiger partial charge in [-0.05, 0) is 36.4 Å². The minimum Gasteiger partial charge on any atom is -0.355 e. The van der Waals surface area contributed by atoms with Gasteiger partial charge in [0.1, 0.15) is 5.03 Å². The second kappa shape index (κ2) is 8.19. The Balaban J connectivity index is 1.85. The SMILES string of the molecule is CC(=O)NCCNC(=O)c1ccc(Sc2ccccn2)cc1. The van der Waals surface area contributed by atoms with Gasteiger partial charge in [-0.2, -0.15) is 0 Å². The maximum atomic E-state index is 11.9. The van der Waals surface area contributed by atoms with Crippen LogP contribution in [0.5, 0.6) is 0 Å². The summed E-state index contributed by atoms with van der Waals surface area (Å²) in [7, 11) is 0. The molecule has 0 bridgehead atoms. The van der Waals surface area contributed by atoms with Crippen molar-refractivity contribution in [3.8, 4) is 0 Å². The third-order valence-electron chi connectivity index (χ3n) is 2.76. The minimum absolute atomic E-state index is 0.106. The van der Waals surface area contributed by atoms with E-state index in [1.54, 1.807) is 30.1 Å². The summed E-state index contributed by atoms with van der Waals surface area (Å²) in [5.41, 5.74) is 0.591. The second-order valence-corrected chi connectivity index (χ2v) is 5.63. The van der Waals surface area contributed by atoms with Crippen LogP contribution in [0.25, 0.3) is 0 Å². The summed E-state index contributed by atoms with van der Waals surface area (Å²) in [6, 6.07) is 13.1. The van der Waals surface area contributed by atoms with Gasteiger partial charge in [0.25, 0.3) is 5.91 Å². The molecule has 0 saturated heterocycles. The number of hydrogen-bond donors (Lipinski definition) is 2. The fourth-order valence-electron chi connectivity index (χ4n) is 1.72. The third-order valence-corrected chi connectivity index (χ3v) is 3.72. The number of nitrogens with zero attached hydrogens (tertiary/aromatic N) is 1. The first-order chi connectivity index (χ1) is 10.6. The van der Waals surface area contributed by atoms with E-state index < -0.39 is 0 Å². The van der Waals surface area contributed by atoms with Gasteiger partial charge in [0.15, 0.2) is 0 Å². The third kappa shape index (κ3) is 5.21. The molecule has 2 rings (SSSR count). The van der Waals surface area contributed by atoms with Crippen LogP contribution in [0.3, 0.4) is 0 Å². The first kappa shape index (κ1) is 16.0. The molecule has 1 aromatic carbocycles. The standard InChI is InChI=1S/C16H17N3O2S/c1-12(20)17-10-11-19-16(21)13-5-7-14(8-6-13)22-15-4-2-3-9-18-15/h2-9H,10-11H2,1H3,(H,17,20)(H,19,21). The molecule has 2 aromatic rings. The van der Waals surface area contributed by atoms with E-state index in [-0.39, 0.29) is 11.8 Å². The van der Waals surface area contributed by atoms with Crippen molar-refractivity contribution in [2.24, 2.45) is 0 Å². The van der Waals surface area contributed by atoms with Crippen molar-refractivity contribution in [3.05, 3.63) is 54.2 Å². The molecule has 114 valence electrons. The van der Waals surface area contributed by atoms with Crippen LogP contribution in [0.4, 0.5) is 0 Å². The average Bonchev–Trinajstić information content (AvgIpc) is 2.53. The molecule has 0 atom stereocenters. The van der Waals surface area contributed by atoms with Gasteiger partial charge >= 0.3 is 0 Å². The molecule has 0 aliphatic rings. The Hall–Kier alpha value is -2.34. The quantitative estimate of drug-likeness (QED) is 0.801. The molecule has 0 radical (unpaired) electrons. The van der Waals surface area contributed by atoms with E-state index in [1.165, 1.54) is 6.92 Å². The highest BCUT2D eigenvalue weighted by atomic mass is 32.2. The van der Waals surface area contributed by atoms with E-state index in [1.807, 2.05) is 30.3 Å². The lowest BCUT2D eigenvalue weighted by Gasteiger charge is -2.06. The van der Waals surface area contributed by atoms with Gasteiger partial charge in [0.05, 0.1) is 0 Å². The molecule has 0 aliphatic heterocycles. The monoisotopic (exact) mass is 315 g/mol. The number of hydrogen-bond acceptors (Lipinski definition) is 4. The highest BCUT2D eigenvalue weighted by molar-refractivity contribution is 7.99. The fraction of sp³-hybridized carbons (Fsp3) is 0.188. The summed E-state index contributed by atoms with van der Waals surface area (Å²) < 4.78 is 0. The van der Waals surface area contributed by atoms with Crippen molar-refractivity contribution < 1.29 is 9.59 Å². The maximum absolute atomic E-state index is 11.9. The molecule has 2 amide bonds. The van der Waals surface area contributed by atoms with E-state index in [9.17, 15) is 9.59 Å². The molecular weight excluding hydrogens is 298 g/mol. The Labute approximate surface area is 133 Å². The van der Waals surface area contributed by atoms with Gasteiger partial charge in [0.2, 0.25) is 5.91 Å². The molecule has 0 fully saturated rings. The molecule has 1 heterocycles.